The molecular formula is C18H22N2. The Labute approximate surface area is 121 Å². The quantitative estimate of drug-likeness (QED) is 0.859. The van der Waals surface area contributed by atoms with Crippen LogP contribution in [-0.4, -0.2) is 6.54 Å². The Bertz CT molecular complexity index is 587. The minimum absolute atomic E-state index is 0.176. The summed E-state index contributed by atoms with van der Waals surface area (Å²) in [6.45, 7) is 2.72. The van der Waals surface area contributed by atoms with Crippen molar-refractivity contribution in [2.24, 2.45) is 5.73 Å². The zero-order valence-corrected chi connectivity index (χ0v) is 12.0. The number of benzene rings is 2. The van der Waals surface area contributed by atoms with Crippen LogP contribution in [0.1, 0.15) is 41.5 Å². The van der Waals surface area contributed by atoms with Crippen LogP contribution in [0.4, 0.5) is 5.69 Å². The minimum atomic E-state index is 0.176. The Kier molecular flexibility index (Phi) is 3.75. The zero-order valence-electron chi connectivity index (χ0n) is 12.0. The molecular weight excluding hydrogens is 244 g/mol. The lowest BCUT2D eigenvalue weighted by atomic mass is 10.0. The van der Waals surface area contributed by atoms with Crippen LogP contribution >= 0.6 is 0 Å². The SMILES string of the molecule is Cc1ccccc1NC(CN)c1cccc(C2CC2)c1. The number of hydrogen-bond donors (Lipinski definition) is 2. The fraction of sp³-hybridized carbons (Fsp3) is 0.333. The minimum Gasteiger partial charge on any atom is -0.377 e. The average Bonchev–Trinajstić information content (AvgIpc) is 3.31. The van der Waals surface area contributed by atoms with Crippen molar-refractivity contribution in [2.45, 2.75) is 31.7 Å². The van der Waals surface area contributed by atoms with Gasteiger partial charge < -0.3 is 11.1 Å². The lowest BCUT2D eigenvalue weighted by Crippen LogP contribution is -2.21. The van der Waals surface area contributed by atoms with Crippen LogP contribution in [0.15, 0.2) is 48.5 Å². The maximum atomic E-state index is 5.98. The lowest BCUT2D eigenvalue weighted by Gasteiger charge is -2.20. The maximum Gasteiger partial charge on any atom is 0.0636 e. The van der Waals surface area contributed by atoms with Gasteiger partial charge in [0, 0.05) is 12.2 Å². The molecule has 0 heterocycles. The molecule has 1 aliphatic rings. The molecule has 2 aromatic carbocycles. The summed E-state index contributed by atoms with van der Waals surface area (Å²) < 4.78 is 0. The number of hydrogen-bond acceptors (Lipinski definition) is 2. The van der Waals surface area contributed by atoms with E-state index in [1.165, 1.54) is 35.2 Å². The second-order valence-electron chi connectivity index (χ2n) is 5.69. The molecule has 1 saturated carbocycles. The Hall–Kier alpha value is -1.80. The number of para-hydroxylation sites is 1. The van der Waals surface area contributed by atoms with Crippen molar-refractivity contribution in [3.8, 4) is 0 Å². The third-order valence-electron chi connectivity index (χ3n) is 4.07. The average molecular weight is 266 g/mol. The van der Waals surface area contributed by atoms with Crippen LogP contribution in [0.2, 0.25) is 0 Å². The molecule has 0 aromatic heterocycles. The molecule has 1 unspecified atom stereocenters. The molecule has 1 aliphatic carbocycles. The maximum absolute atomic E-state index is 5.98. The second kappa shape index (κ2) is 5.68. The van der Waals surface area contributed by atoms with E-state index in [2.05, 4.69) is 60.8 Å². The van der Waals surface area contributed by atoms with Crippen molar-refractivity contribution in [1.29, 1.82) is 0 Å². The van der Waals surface area contributed by atoms with Gasteiger partial charge in [0.1, 0.15) is 0 Å². The van der Waals surface area contributed by atoms with E-state index in [-0.39, 0.29) is 6.04 Å². The molecule has 3 N–H and O–H groups in total. The largest absolute Gasteiger partial charge is 0.377 e. The van der Waals surface area contributed by atoms with Gasteiger partial charge in [-0.15, -0.1) is 0 Å². The van der Waals surface area contributed by atoms with Gasteiger partial charge in [0.2, 0.25) is 0 Å². The molecule has 104 valence electrons. The summed E-state index contributed by atoms with van der Waals surface area (Å²) >= 11 is 0. The molecule has 0 radical (unpaired) electrons. The number of anilines is 1. The van der Waals surface area contributed by atoms with Crippen molar-refractivity contribution in [3.05, 3.63) is 65.2 Å². The second-order valence-corrected chi connectivity index (χ2v) is 5.69. The van der Waals surface area contributed by atoms with Gasteiger partial charge in [-0.05, 0) is 48.4 Å². The standard InChI is InChI=1S/C18H22N2/c1-13-5-2-3-8-17(13)20-18(12-19)16-7-4-6-15(11-16)14-9-10-14/h2-8,11,14,18,20H,9-10,12,19H2,1H3. The van der Waals surface area contributed by atoms with Crippen molar-refractivity contribution in [1.82, 2.24) is 0 Å². The van der Waals surface area contributed by atoms with Crippen LogP contribution in [0.25, 0.3) is 0 Å². The van der Waals surface area contributed by atoms with Gasteiger partial charge in [-0.3, -0.25) is 0 Å². The highest BCUT2D eigenvalue weighted by molar-refractivity contribution is 5.52. The first-order chi connectivity index (χ1) is 9.78. The van der Waals surface area contributed by atoms with E-state index in [0.717, 1.165) is 5.92 Å². The number of aryl methyl sites for hydroxylation is 1. The van der Waals surface area contributed by atoms with Crippen molar-refractivity contribution in [3.63, 3.8) is 0 Å². The number of rotatable bonds is 5. The van der Waals surface area contributed by atoms with Gasteiger partial charge in [-0.2, -0.15) is 0 Å². The summed E-state index contributed by atoms with van der Waals surface area (Å²) in [7, 11) is 0. The smallest absolute Gasteiger partial charge is 0.0636 e. The fourth-order valence-electron chi connectivity index (χ4n) is 2.65. The normalized spacial score (nSPS) is 15.9. The molecule has 0 saturated heterocycles. The predicted molar refractivity (Wildman–Crippen MR) is 85.0 cm³/mol. The summed E-state index contributed by atoms with van der Waals surface area (Å²) in [5, 5.41) is 3.57. The predicted octanol–water partition coefficient (Wildman–Crippen LogP) is 3.98. The molecule has 0 spiro atoms. The van der Waals surface area contributed by atoms with Crippen LogP contribution in [-0.2, 0) is 0 Å². The lowest BCUT2D eigenvalue weighted by molar-refractivity contribution is 0.786. The van der Waals surface area contributed by atoms with E-state index in [1.54, 1.807) is 0 Å². The molecule has 1 atom stereocenters. The van der Waals surface area contributed by atoms with Gasteiger partial charge in [0.25, 0.3) is 0 Å². The van der Waals surface area contributed by atoms with Gasteiger partial charge >= 0.3 is 0 Å². The Morgan fingerprint density at radius 1 is 1.15 bits per heavy atom. The zero-order chi connectivity index (χ0) is 13.9. The van der Waals surface area contributed by atoms with Crippen molar-refractivity contribution in [2.75, 3.05) is 11.9 Å². The molecule has 1 fully saturated rings. The van der Waals surface area contributed by atoms with Crippen LogP contribution in [0, 0.1) is 6.92 Å². The molecule has 3 rings (SSSR count). The fourth-order valence-corrected chi connectivity index (χ4v) is 2.65. The summed E-state index contributed by atoms with van der Waals surface area (Å²) in [5.41, 5.74) is 11.2. The molecule has 20 heavy (non-hydrogen) atoms. The number of nitrogens with one attached hydrogen (secondary N) is 1. The molecule has 0 bridgehead atoms. The van der Waals surface area contributed by atoms with Gasteiger partial charge in [-0.25, -0.2) is 0 Å². The molecule has 0 aliphatic heterocycles. The Balaban J connectivity index is 1.82. The third kappa shape index (κ3) is 2.86. The van der Waals surface area contributed by atoms with Crippen LogP contribution < -0.4 is 11.1 Å². The Morgan fingerprint density at radius 3 is 2.65 bits per heavy atom. The van der Waals surface area contributed by atoms with Gasteiger partial charge in [-0.1, -0.05) is 42.5 Å². The van der Waals surface area contributed by atoms with Crippen molar-refractivity contribution >= 4 is 5.69 Å². The molecule has 2 nitrogen and oxygen atoms in total. The summed E-state index contributed by atoms with van der Waals surface area (Å²) in [6, 6.07) is 17.4. The highest BCUT2D eigenvalue weighted by Crippen LogP contribution is 2.40. The third-order valence-corrected chi connectivity index (χ3v) is 4.07. The first-order valence-corrected chi connectivity index (χ1v) is 7.40. The summed E-state index contributed by atoms with van der Waals surface area (Å²) in [4.78, 5) is 0. The van der Waals surface area contributed by atoms with Crippen molar-refractivity contribution < 1.29 is 0 Å². The molecule has 2 aromatic rings. The van der Waals surface area contributed by atoms with E-state index < -0.39 is 0 Å². The van der Waals surface area contributed by atoms with E-state index >= 15 is 0 Å². The molecule has 2 heteroatoms. The van der Waals surface area contributed by atoms with Gasteiger partial charge in [0.05, 0.1) is 6.04 Å². The van der Waals surface area contributed by atoms with E-state index in [1.807, 2.05) is 0 Å². The van der Waals surface area contributed by atoms with Crippen LogP contribution in [0.5, 0.6) is 0 Å². The summed E-state index contributed by atoms with van der Waals surface area (Å²) in [5.74, 6) is 0.784. The van der Waals surface area contributed by atoms with Crippen LogP contribution in [0.3, 0.4) is 0 Å². The first kappa shape index (κ1) is 13.2. The Morgan fingerprint density at radius 2 is 1.95 bits per heavy atom. The van der Waals surface area contributed by atoms with E-state index in [4.69, 9.17) is 5.73 Å². The number of nitrogens with two attached hydrogens (primary N) is 1. The first-order valence-electron chi connectivity index (χ1n) is 7.40. The topological polar surface area (TPSA) is 38.0 Å². The van der Waals surface area contributed by atoms with E-state index in [9.17, 15) is 0 Å². The summed E-state index contributed by atoms with van der Waals surface area (Å²) in [6.07, 6.45) is 2.67. The van der Waals surface area contributed by atoms with E-state index in [0.29, 0.717) is 6.54 Å². The highest BCUT2D eigenvalue weighted by Gasteiger charge is 2.24. The highest BCUT2D eigenvalue weighted by atomic mass is 14.9. The molecule has 0 amide bonds. The monoisotopic (exact) mass is 266 g/mol. The van der Waals surface area contributed by atoms with Gasteiger partial charge in [0.15, 0.2) is 0 Å².